The second kappa shape index (κ2) is 4.76. The lowest BCUT2D eigenvalue weighted by molar-refractivity contribution is 1.13. The highest BCUT2D eigenvalue weighted by molar-refractivity contribution is 7.99. The largest absolute Gasteiger partial charge is 0.397 e. The van der Waals surface area contributed by atoms with Crippen molar-refractivity contribution in [1.29, 1.82) is 0 Å². The molecule has 0 aliphatic heterocycles. The van der Waals surface area contributed by atoms with Crippen molar-refractivity contribution >= 4 is 29.1 Å². The predicted molar refractivity (Wildman–Crippen MR) is 69.0 cm³/mol. The van der Waals surface area contributed by atoms with Gasteiger partial charge in [-0.05, 0) is 42.8 Å². The lowest BCUT2D eigenvalue weighted by Crippen LogP contribution is -1.87. The Balaban J connectivity index is 2.23. The summed E-state index contributed by atoms with van der Waals surface area (Å²) in [5, 5.41) is 1.69. The van der Waals surface area contributed by atoms with Gasteiger partial charge in [-0.2, -0.15) is 0 Å². The third kappa shape index (κ3) is 2.68. The molecule has 4 heteroatoms. The van der Waals surface area contributed by atoms with Gasteiger partial charge in [0.25, 0.3) is 0 Å². The predicted octanol–water partition coefficient (Wildman–Crippen LogP) is 3.78. The molecule has 0 saturated heterocycles. The van der Waals surface area contributed by atoms with Gasteiger partial charge in [0.2, 0.25) is 0 Å². The first-order chi connectivity index (χ1) is 7.65. The van der Waals surface area contributed by atoms with Gasteiger partial charge in [-0.25, -0.2) is 4.98 Å². The lowest BCUT2D eigenvalue weighted by Gasteiger charge is -2.05. The Morgan fingerprint density at radius 1 is 1.25 bits per heavy atom. The van der Waals surface area contributed by atoms with E-state index in [-0.39, 0.29) is 0 Å². The molecule has 0 radical (unpaired) electrons. The van der Waals surface area contributed by atoms with Gasteiger partial charge in [0.05, 0.1) is 11.9 Å². The van der Waals surface area contributed by atoms with Crippen LogP contribution in [0.4, 0.5) is 5.69 Å². The zero-order chi connectivity index (χ0) is 11.5. The Kier molecular flexibility index (Phi) is 3.36. The fourth-order valence-electron chi connectivity index (χ4n) is 1.29. The molecule has 82 valence electrons. The fraction of sp³-hybridized carbons (Fsp3) is 0.0833. The van der Waals surface area contributed by atoms with Gasteiger partial charge in [0.1, 0.15) is 5.03 Å². The van der Waals surface area contributed by atoms with E-state index in [1.807, 2.05) is 37.3 Å². The van der Waals surface area contributed by atoms with Crippen molar-refractivity contribution in [2.24, 2.45) is 0 Å². The van der Waals surface area contributed by atoms with Crippen LogP contribution in [0.3, 0.4) is 0 Å². The second-order valence-electron chi connectivity index (χ2n) is 3.44. The van der Waals surface area contributed by atoms with E-state index in [0.717, 1.165) is 20.5 Å². The van der Waals surface area contributed by atoms with E-state index in [0.29, 0.717) is 5.69 Å². The molecule has 2 nitrogen and oxygen atoms in total. The van der Waals surface area contributed by atoms with E-state index in [1.54, 1.807) is 18.0 Å². The molecule has 0 aliphatic carbocycles. The highest BCUT2D eigenvalue weighted by atomic mass is 35.5. The third-order valence-electron chi connectivity index (χ3n) is 2.11. The minimum absolute atomic E-state index is 0.678. The molecule has 0 aliphatic rings. The number of nitrogen functional groups attached to an aromatic ring is 1. The van der Waals surface area contributed by atoms with Crippen LogP contribution >= 0.6 is 23.4 Å². The average Bonchev–Trinajstić information content (AvgIpc) is 2.25. The Morgan fingerprint density at radius 2 is 2.06 bits per heavy atom. The number of nitrogens with zero attached hydrogens (tertiary/aromatic N) is 1. The Bertz CT molecular complexity index is 497. The molecule has 0 atom stereocenters. The number of aromatic nitrogens is 1. The van der Waals surface area contributed by atoms with Crippen LogP contribution in [0.1, 0.15) is 5.56 Å². The number of aryl methyl sites for hydroxylation is 1. The molecular weight excluding hydrogens is 240 g/mol. The summed E-state index contributed by atoms with van der Waals surface area (Å²) in [6.07, 6.45) is 1.66. The number of anilines is 1. The summed E-state index contributed by atoms with van der Waals surface area (Å²) in [7, 11) is 0. The van der Waals surface area contributed by atoms with Gasteiger partial charge >= 0.3 is 0 Å². The van der Waals surface area contributed by atoms with Gasteiger partial charge in [-0.1, -0.05) is 23.4 Å². The summed E-state index contributed by atoms with van der Waals surface area (Å²) in [6.45, 7) is 2.03. The van der Waals surface area contributed by atoms with Gasteiger partial charge in [-0.3, -0.25) is 0 Å². The molecule has 0 fully saturated rings. The van der Waals surface area contributed by atoms with E-state index in [4.69, 9.17) is 17.3 Å². The Labute approximate surface area is 104 Å². The van der Waals surface area contributed by atoms with Crippen molar-refractivity contribution in [1.82, 2.24) is 4.98 Å². The van der Waals surface area contributed by atoms with Crippen LogP contribution in [0.2, 0.25) is 5.02 Å². The van der Waals surface area contributed by atoms with Crippen LogP contribution in [0.5, 0.6) is 0 Å². The first-order valence-electron chi connectivity index (χ1n) is 4.81. The summed E-state index contributed by atoms with van der Waals surface area (Å²) in [5.74, 6) is 0. The fourth-order valence-corrected chi connectivity index (χ4v) is 2.34. The molecule has 1 aromatic carbocycles. The first kappa shape index (κ1) is 11.3. The van der Waals surface area contributed by atoms with Crippen molar-refractivity contribution in [3.63, 3.8) is 0 Å². The quantitative estimate of drug-likeness (QED) is 0.882. The molecular formula is C12H11ClN2S. The van der Waals surface area contributed by atoms with E-state index in [1.165, 1.54) is 0 Å². The summed E-state index contributed by atoms with van der Waals surface area (Å²) in [6, 6.07) is 9.59. The standard InChI is InChI=1S/C12H11ClN2S/c1-8-6-9(13)2-4-11(8)16-12-5-3-10(14)7-15-12/h2-7H,14H2,1H3. The third-order valence-corrected chi connectivity index (χ3v) is 3.47. The van der Waals surface area contributed by atoms with E-state index in [9.17, 15) is 0 Å². The summed E-state index contributed by atoms with van der Waals surface area (Å²) in [5.41, 5.74) is 7.41. The van der Waals surface area contributed by atoms with Gasteiger partial charge < -0.3 is 5.73 Å². The van der Waals surface area contributed by atoms with Crippen molar-refractivity contribution in [2.75, 3.05) is 5.73 Å². The Hall–Kier alpha value is -1.19. The van der Waals surface area contributed by atoms with E-state index < -0.39 is 0 Å². The van der Waals surface area contributed by atoms with Crippen LogP contribution in [0, 0.1) is 6.92 Å². The molecule has 2 N–H and O–H groups in total. The number of nitrogens with two attached hydrogens (primary N) is 1. The summed E-state index contributed by atoms with van der Waals surface area (Å²) < 4.78 is 0. The molecule has 0 amide bonds. The number of halogens is 1. The van der Waals surface area contributed by atoms with Gasteiger partial charge in [0.15, 0.2) is 0 Å². The molecule has 16 heavy (non-hydrogen) atoms. The summed E-state index contributed by atoms with van der Waals surface area (Å²) >= 11 is 7.51. The molecule has 0 bridgehead atoms. The molecule has 2 rings (SSSR count). The smallest absolute Gasteiger partial charge is 0.101 e. The van der Waals surface area contributed by atoms with Crippen LogP contribution < -0.4 is 5.73 Å². The minimum atomic E-state index is 0.678. The van der Waals surface area contributed by atoms with Crippen LogP contribution in [0.25, 0.3) is 0 Å². The number of hydrogen-bond acceptors (Lipinski definition) is 3. The SMILES string of the molecule is Cc1cc(Cl)ccc1Sc1ccc(N)cn1. The Morgan fingerprint density at radius 3 is 2.69 bits per heavy atom. The second-order valence-corrected chi connectivity index (χ2v) is 4.94. The monoisotopic (exact) mass is 250 g/mol. The highest BCUT2D eigenvalue weighted by Crippen LogP contribution is 2.30. The topological polar surface area (TPSA) is 38.9 Å². The summed E-state index contributed by atoms with van der Waals surface area (Å²) in [4.78, 5) is 5.40. The van der Waals surface area contributed by atoms with Crippen LogP contribution in [0.15, 0.2) is 46.5 Å². The first-order valence-corrected chi connectivity index (χ1v) is 6.00. The van der Waals surface area contributed by atoms with Gasteiger partial charge in [-0.15, -0.1) is 0 Å². The molecule has 0 unspecified atom stereocenters. The highest BCUT2D eigenvalue weighted by Gasteiger charge is 2.02. The molecule has 0 saturated carbocycles. The average molecular weight is 251 g/mol. The normalized spacial score (nSPS) is 10.4. The molecule has 1 heterocycles. The van der Waals surface area contributed by atoms with Crippen molar-refractivity contribution < 1.29 is 0 Å². The van der Waals surface area contributed by atoms with E-state index >= 15 is 0 Å². The van der Waals surface area contributed by atoms with Crippen LogP contribution in [-0.2, 0) is 0 Å². The maximum absolute atomic E-state index is 5.90. The zero-order valence-corrected chi connectivity index (χ0v) is 10.3. The number of rotatable bonds is 2. The number of pyridine rings is 1. The van der Waals surface area contributed by atoms with Crippen LogP contribution in [-0.4, -0.2) is 4.98 Å². The van der Waals surface area contributed by atoms with E-state index in [2.05, 4.69) is 4.98 Å². The lowest BCUT2D eigenvalue weighted by atomic mass is 10.2. The number of benzene rings is 1. The number of hydrogen-bond donors (Lipinski definition) is 1. The molecule has 0 spiro atoms. The van der Waals surface area contributed by atoms with Crippen molar-refractivity contribution in [2.45, 2.75) is 16.8 Å². The zero-order valence-electron chi connectivity index (χ0n) is 8.77. The van der Waals surface area contributed by atoms with Crippen molar-refractivity contribution in [3.8, 4) is 0 Å². The maximum Gasteiger partial charge on any atom is 0.101 e. The molecule has 1 aromatic heterocycles. The maximum atomic E-state index is 5.90. The van der Waals surface area contributed by atoms with Gasteiger partial charge in [0, 0.05) is 9.92 Å². The minimum Gasteiger partial charge on any atom is -0.397 e. The van der Waals surface area contributed by atoms with Crippen molar-refractivity contribution in [3.05, 3.63) is 47.1 Å². The molecule has 2 aromatic rings.